The van der Waals surface area contributed by atoms with Crippen LogP contribution in [0.25, 0.3) is 28.0 Å². The number of nitrogens with two attached hydrogens (primary N) is 1. The number of benzene rings is 2. The van der Waals surface area contributed by atoms with Gasteiger partial charge >= 0.3 is 0 Å². The van der Waals surface area contributed by atoms with E-state index >= 15 is 4.39 Å². The number of amides is 3. The highest BCUT2D eigenvalue weighted by Gasteiger charge is 2.44. The van der Waals surface area contributed by atoms with Crippen LogP contribution >= 0.6 is 11.6 Å². The average molecular weight is 645 g/mol. The molecule has 13 heteroatoms. The summed E-state index contributed by atoms with van der Waals surface area (Å²) in [5.41, 5.74) is 5.85. The fraction of sp³-hybridized carbons (Fsp3) is 0.242. The topological polar surface area (TPSA) is 142 Å². The number of piperazine rings is 1. The van der Waals surface area contributed by atoms with E-state index in [1.165, 1.54) is 51.8 Å². The lowest BCUT2D eigenvalue weighted by molar-refractivity contribution is -0.128. The number of phenols is 1. The van der Waals surface area contributed by atoms with Gasteiger partial charge in [0, 0.05) is 25.5 Å². The number of halogens is 2. The number of likely N-dealkylation sites (N-methyl/N-ethyl adjacent to an activating group) is 1. The fourth-order valence-corrected chi connectivity index (χ4v) is 6.62. The molecule has 0 bridgehead atoms. The molecule has 0 unspecified atom stereocenters. The molecule has 6 rings (SSSR count). The van der Waals surface area contributed by atoms with Crippen molar-refractivity contribution >= 4 is 51.7 Å². The molecular weight excluding hydrogens is 615 g/mol. The van der Waals surface area contributed by atoms with E-state index in [0.29, 0.717) is 16.6 Å². The minimum atomic E-state index is -0.841. The highest BCUT2D eigenvalue weighted by molar-refractivity contribution is 6.34. The molecule has 1 atom stereocenters. The lowest BCUT2D eigenvalue weighted by Gasteiger charge is -2.47. The van der Waals surface area contributed by atoms with Gasteiger partial charge in [0.25, 0.3) is 17.4 Å². The third-order valence-corrected chi connectivity index (χ3v) is 8.85. The maximum absolute atomic E-state index is 15.2. The number of primary amides is 1. The van der Waals surface area contributed by atoms with Crippen LogP contribution in [-0.2, 0) is 9.59 Å². The Morgan fingerprint density at radius 3 is 2.50 bits per heavy atom. The average Bonchev–Trinajstić information content (AvgIpc) is 3.02. The van der Waals surface area contributed by atoms with Crippen LogP contribution < -0.4 is 21.1 Å². The maximum atomic E-state index is 15.2. The molecule has 46 heavy (non-hydrogen) atoms. The SMILES string of the molecule is C=CC(=O)N1CCN2c3c(c(=O)n(-c4c(C(N)=O)cccc4C(C)C)c4nc(-c5c(O)cccc5F)c(Cl)cc34)N(C)C(=O)[C@H]2C1. The zero-order valence-electron chi connectivity index (χ0n) is 25.3. The molecule has 11 nitrogen and oxygen atoms in total. The summed E-state index contributed by atoms with van der Waals surface area (Å²) < 4.78 is 16.4. The van der Waals surface area contributed by atoms with Crippen molar-refractivity contribution in [2.24, 2.45) is 5.73 Å². The zero-order chi connectivity index (χ0) is 33.2. The van der Waals surface area contributed by atoms with Crippen LogP contribution in [0.2, 0.25) is 5.02 Å². The summed E-state index contributed by atoms with van der Waals surface area (Å²) in [5, 5.41) is 10.9. The Bertz CT molecular complexity index is 2040. The van der Waals surface area contributed by atoms with Gasteiger partial charge in [-0.15, -0.1) is 0 Å². The highest BCUT2D eigenvalue weighted by Crippen LogP contribution is 2.44. The van der Waals surface area contributed by atoms with Crippen molar-refractivity contribution in [3.05, 3.63) is 87.4 Å². The van der Waals surface area contributed by atoms with E-state index in [2.05, 4.69) is 6.58 Å². The quantitative estimate of drug-likeness (QED) is 0.313. The summed E-state index contributed by atoms with van der Waals surface area (Å²) in [6, 6.07) is 9.32. The molecule has 0 saturated carbocycles. The number of nitrogens with zero attached hydrogens (tertiary/aromatic N) is 5. The summed E-state index contributed by atoms with van der Waals surface area (Å²) in [4.78, 5) is 63.2. The molecule has 4 aromatic rings. The van der Waals surface area contributed by atoms with Crippen molar-refractivity contribution in [2.75, 3.05) is 36.5 Å². The van der Waals surface area contributed by atoms with E-state index in [-0.39, 0.29) is 70.3 Å². The van der Waals surface area contributed by atoms with E-state index < -0.39 is 35.0 Å². The van der Waals surface area contributed by atoms with E-state index in [9.17, 15) is 24.3 Å². The van der Waals surface area contributed by atoms with Crippen LogP contribution in [0.1, 0.15) is 35.7 Å². The number of aromatic hydroxyl groups is 1. The minimum absolute atomic E-state index is 0.00517. The van der Waals surface area contributed by atoms with Gasteiger partial charge in [-0.2, -0.15) is 0 Å². The summed E-state index contributed by atoms with van der Waals surface area (Å²) in [6.45, 7) is 7.79. The van der Waals surface area contributed by atoms with Crippen LogP contribution in [0.5, 0.6) is 5.75 Å². The number of aromatic nitrogens is 2. The Morgan fingerprint density at radius 1 is 1.13 bits per heavy atom. The minimum Gasteiger partial charge on any atom is -0.507 e. The Morgan fingerprint density at radius 2 is 1.85 bits per heavy atom. The van der Waals surface area contributed by atoms with E-state index in [4.69, 9.17) is 22.3 Å². The van der Waals surface area contributed by atoms with Gasteiger partial charge < -0.3 is 25.5 Å². The molecule has 4 heterocycles. The number of phenolic OH excluding ortho intramolecular Hbond substituents is 1. The number of rotatable bonds is 5. The standard InChI is InChI=1S/C33H30ClFN6O5/c1-5-24(43)39-12-13-40-22(15-39)32(45)38(4)29-28(40)19-14-20(34)26(25-21(35)10-7-11-23(25)42)37-31(19)41(33(29)46)27-17(16(2)3)8-6-9-18(27)30(36)44/h5-11,14,16,22,42H,1,12-13,15H2,2-4H3,(H2,36,44)/t22-/m1/s1. The molecule has 0 aliphatic carbocycles. The second kappa shape index (κ2) is 11.3. The van der Waals surface area contributed by atoms with Crippen LogP contribution in [-0.4, -0.2) is 70.0 Å². The second-order valence-electron chi connectivity index (χ2n) is 11.5. The molecule has 0 spiro atoms. The maximum Gasteiger partial charge on any atom is 0.282 e. The lowest BCUT2D eigenvalue weighted by Crippen LogP contribution is -2.63. The van der Waals surface area contributed by atoms with Crippen molar-refractivity contribution in [1.29, 1.82) is 0 Å². The van der Waals surface area contributed by atoms with Gasteiger partial charge in [-0.05, 0) is 41.8 Å². The normalized spacial score (nSPS) is 16.1. The number of hydrogen-bond donors (Lipinski definition) is 2. The van der Waals surface area contributed by atoms with Crippen molar-refractivity contribution in [3.63, 3.8) is 0 Å². The first-order valence-electron chi connectivity index (χ1n) is 14.5. The first-order chi connectivity index (χ1) is 21.9. The first kappa shape index (κ1) is 30.8. The third kappa shape index (κ3) is 4.59. The molecule has 0 radical (unpaired) electrons. The molecule has 2 aliphatic heterocycles. The predicted molar refractivity (Wildman–Crippen MR) is 173 cm³/mol. The first-order valence-corrected chi connectivity index (χ1v) is 14.9. The Labute approximate surface area is 267 Å². The molecule has 1 fully saturated rings. The smallest absolute Gasteiger partial charge is 0.282 e. The largest absolute Gasteiger partial charge is 0.507 e. The number of anilines is 2. The third-order valence-electron chi connectivity index (χ3n) is 8.56. The van der Waals surface area contributed by atoms with E-state index in [1.807, 2.05) is 13.8 Å². The fourth-order valence-electron chi connectivity index (χ4n) is 6.38. The number of fused-ring (bicyclic) bond motifs is 5. The Hall–Kier alpha value is -5.23. The summed E-state index contributed by atoms with van der Waals surface area (Å²) in [6.07, 6.45) is 1.18. The molecule has 2 aromatic carbocycles. The Kier molecular flexibility index (Phi) is 7.55. The van der Waals surface area contributed by atoms with Gasteiger partial charge in [-0.1, -0.05) is 50.2 Å². The summed E-state index contributed by atoms with van der Waals surface area (Å²) in [5.74, 6) is -2.97. The van der Waals surface area contributed by atoms with Crippen molar-refractivity contribution < 1.29 is 23.9 Å². The molecule has 1 saturated heterocycles. The van der Waals surface area contributed by atoms with Crippen molar-refractivity contribution in [2.45, 2.75) is 25.8 Å². The lowest BCUT2D eigenvalue weighted by atomic mass is 9.96. The summed E-state index contributed by atoms with van der Waals surface area (Å²) >= 11 is 6.78. The number of carbonyl (C=O) groups is 3. The Balaban J connectivity index is 1.78. The molecule has 2 aliphatic rings. The van der Waals surface area contributed by atoms with Gasteiger partial charge in [-0.25, -0.2) is 9.37 Å². The van der Waals surface area contributed by atoms with E-state index in [0.717, 1.165) is 6.07 Å². The van der Waals surface area contributed by atoms with Crippen LogP contribution in [0.15, 0.2) is 59.9 Å². The molecular formula is C33H30ClFN6O5. The van der Waals surface area contributed by atoms with Crippen molar-refractivity contribution in [1.82, 2.24) is 14.5 Å². The molecule has 3 amide bonds. The number of pyridine rings is 2. The van der Waals surface area contributed by atoms with Gasteiger partial charge in [0.05, 0.1) is 39.8 Å². The number of carbonyl (C=O) groups excluding carboxylic acids is 3. The molecule has 2 aromatic heterocycles. The predicted octanol–water partition coefficient (Wildman–Crippen LogP) is 3.95. The van der Waals surface area contributed by atoms with Crippen LogP contribution in [0.4, 0.5) is 15.8 Å². The summed E-state index contributed by atoms with van der Waals surface area (Å²) in [7, 11) is 1.47. The van der Waals surface area contributed by atoms with Gasteiger partial charge in [-0.3, -0.25) is 23.7 Å². The number of para-hydroxylation sites is 1. The van der Waals surface area contributed by atoms with Gasteiger partial charge in [0.15, 0.2) is 0 Å². The van der Waals surface area contributed by atoms with Crippen molar-refractivity contribution in [3.8, 4) is 22.7 Å². The monoisotopic (exact) mass is 644 g/mol. The second-order valence-corrected chi connectivity index (χ2v) is 11.9. The zero-order valence-corrected chi connectivity index (χ0v) is 26.0. The number of hydrogen-bond acceptors (Lipinski definition) is 7. The highest BCUT2D eigenvalue weighted by atomic mass is 35.5. The van der Waals surface area contributed by atoms with Crippen LogP contribution in [0, 0.1) is 5.82 Å². The molecule has 3 N–H and O–H groups in total. The van der Waals surface area contributed by atoms with Gasteiger partial charge in [0.2, 0.25) is 5.91 Å². The molecule has 236 valence electrons. The van der Waals surface area contributed by atoms with E-state index in [1.54, 1.807) is 17.0 Å². The van der Waals surface area contributed by atoms with Crippen LogP contribution in [0.3, 0.4) is 0 Å². The van der Waals surface area contributed by atoms with Gasteiger partial charge in [0.1, 0.15) is 28.9 Å².